The van der Waals surface area contributed by atoms with Gasteiger partial charge in [0.15, 0.2) is 0 Å². The summed E-state index contributed by atoms with van der Waals surface area (Å²) in [5.74, 6) is -0.665. The van der Waals surface area contributed by atoms with Crippen molar-refractivity contribution >= 4 is 12.0 Å². The van der Waals surface area contributed by atoms with Crippen LogP contribution in [0.3, 0.4) is 0 Å². The van der Waals surface area contributed by atoms with Gasteiger partial charge in [-0.25, -0.2) is 9.18 Å². The van der Waals surface area contributed by atoms with Gasteiger partial charge in [-0.3, -0.25) is 4.79 Å². The summed E-state index contributed by atoms with van der Waals surface area (Å²) in [7, 11) is 0. The van der Waals surface area contributed by atoms with Gasteiger partial charge in [0.2, 0.25) is 5.91 Å². The average molecular weight is 254 g/mol. The van der Waals surface area contributed by atoms with E-state index in [0.29, 0.717) is 0 Å². The van der Waals surface area contributed by atoms with E-state index < -0.39 is 6.09 Å². The molecule has 0 bridgehead atoms. The zero-order chi connectivity index (χ0) is 13.4. The van der Waals surface area contributed by atoms with Crippen LogP contribution < -0.4 is 10.6 Å². The fourth-order valence-corrected chi connectivity index (χ4v) is 1.20. The van der Waals surface area contributed by atoms with Crippen LogP contribution in [0.1, 0.15) is 12.5 Å². The largest absolute Gasteiger partial charge is 0.450 e. The number of amides is 2. The Balaban J connectivity index is 2.24. The number of benzene rings is 1. The van der Waals surface area contributed by atoms with Gasteiger partial charge in [-0.15, -0.1) is 0 Å². The number of rotatable bonds is 5. The highest BCUT2D eigenvalue weighted by atomic mass is 19.1. The van der Waals surface area contributed by atoms with Gasteiger partial charge in [0.05, 0.1) is 6.61 Å². The van der Waals surface area contributed by atoms with Crippen LogP contribution in [0.5, 0.6) is 0 Å². The lowest BCUT2D eigenvalue weighted by Crippen LogP contribution is -2.36. The van der Waals surface area contributed by atoms with Gasteiger partial charge in [-0.05, 0) is 24.6 Å². The minimum Gasteiger partial charge on any atom is -0.450 e. The Morgan fingerprint density at radius 2 is 1.89 bits per heavy atom. The number of ether oxygens (including phenoxy) is 1. The van der Waals surface area contributed by atoms with E-state index in [1.165, 1.54) is 12.1 Å². The smallest absolute Gasteiger partial charge is 0.407 e. The molecule has 0 saturated carbocycles. The molecule has 0 aliphatic rings. The Morgan fingerprint density at radius 3 is 2.50 bits per heavy atom. The molecule has 18 heavy (non-hydrogen) atoms. The van der Waals surface area contributed by atoms with Crippen molar-refractivity contribution in [1.82, 2.24) is 10.6 Å². The molecule has 0 unspecified atom stereocenters. The molecule has 1 aromatic carbocycles. The number of carbonyl (C=O) groups is 2. The van der Waals surface area contributed by atoms with E-state index in [9.17, 15) is 14.0 Å². The first-order valence-electron chi connectivity index (χ1n) is 5.53. The molecule has 2 N–H and O–H groups in total. The van der Waals surface area contributed by atoms with E-state index in [-0.39, 0.29) is 31.4 Å². The van der Waals surface area contributed by atoms with Gasteiger partial charge in [-0.2, -0.15) is 0 Å². The normalized spacial score (nSPS) is 9.67. The summed E-state index contributed by atoms with van der Waals surface area (Å²) in [6, 6.07) is 5.79. The Morgan fingerprint density at radius 1 is 1.22 bits per heavy atom. The van der Waals surface area contributed by atoms with Crippen molar-refractivity contribution in [2.24, 2.45) is 0 Å². The van der Waals surface area contributed by atoms with Crippen LogP contribution in [0, 0.1) is 5.82 Å². The third kappa shape index (κ3) is 5.29. The predicted octanol–water partition coefficient (Wildman–Crippen LogP) is 1.19. The summed E-state index contributed by atoms with van der Waals surface area (Å²) < 4.78 is 17.2. The topological polar surface area (TPSA) is 67.4 Å². The predicted molar refractivity (Wildman–Crippen MR) is 63.3 cm³/mol. The van der Waals surface area contributed by atoms with Gasteiger partial charge in [-0.1, -0.05) is 12.1 Å². The lowest BCUT2D eigenvalue weighted by Gasteiger charge is -2.07. The molecule has 0 radical (unpaired) electrons. The fourth-order valence-electron chi connectivity index (χ4n) is 1.20. The Labute approximate surface area is 104 Å². The number of hydrogen-bond donors (Lipinski definition) is 2. The molecular weight excluding hydrogens is 239 g/mol. The Bertz CT molecular complexity index is 406. The van der Waals surface area contributed by atoms with Gasteiger partial charge >= 0.3 is 6.09 Å². The zero-order valence-electron chi connectivity index (χ0n) is 10.0. The quantitative estimate of drug-likeness (QED) is 0.829. The first-order chi connectivity index (χ1) is 8.61. The monoisotopic (exact) mass is 254 g/mol. The summed E-state index contributed by atoms with van der Waals surface area (Å²) in [6.45, 7) is 2.06. The molecule has 6 heteroatoms. The maximum Gasteiger partial charge on any atom is 0.407 e. The summed E-state index contributed by atoms with van der Waals surface area (Å²) in [5.41, 5.74) is 0.779. The highest BCUT2D eigenvalue weighted by Crippen LogP contribution is 2.01. The number of hydrogen-bond acceptors (Lipinski definition) is 3. The van der Waals surface area contributed by atoms with E-state index in [1.807, 2.05) is 0 Å². The van der Waals surface area contributed by atoms with Crippen molar-refractivity contribution in [1.29, 1.82) is 0 Å². The van der Waals surface area contributed by atoms with Crippen LogP contribution >= 0.6 is 0 Å². The van der Waals surface area contributed by atoms with Crippen molar-refractivity contribution in [3.63, 3.8) is 0 Å². The van der Waals surface area contributed by atoms with Gasteiger partial charge in [0, 0.05) is 6.54 Å². The fraction of sp³-hybridized carbons (Fsp3) is 0.333. The van der Waals surface area contributed by atoms with Gasteiger partial charge < -0.3 is 15.4 Å². The standard InChI is InChI=1S/C12H15FN2O3/c1-2-18-12(17)15-8-11(16)14-7-9-3-5-10(13)6-4-9/h3-6H,2,7-8H2,1H3,(H,14,16)(H,15,17). The van der Waals surface area contributed by atoms with Crippen molar-refractivity contribution in [2.75, 3.05) is 13.2 Å². The zero-order valence-corrected chi connectivity index (χ0v) is 10.0. The molecule has 0 saturated heterocycles. The van der Waals surface area contributed by atoms with E-state index in [1.54, 1.807) is 19.1 Å². The summed E-state index contributed by atoms with van der Waals surface area (Å²) in [6.07, 6.45) is -0.630. The lowest BCUT2D eigenvalue weighted by atomic mass is 10.2. The molecule has 98 valence electrons. The number of carbonyl (C=O) groups excluding carboxylic acids is 2. The minimum absolute atomic E-state index is 0.153. The lowest BCUT2D eigenvalue weighted by molar-refractivity contribution is -0.120. The number of alkyl carbamates (subject to hydrolysis) is 1. The second kappa shape index (κ2) is 7.26. The Kier molecular flexibility index (Phi) is 5.63. The number of nitrogens with one attached hydrogen (secondary N) is 2. The van der Waals surface area contributed by atoms with Crippen molar-refractivity contribution in [2.45, 2.75) is 13.5 Å². The molecule has 5 nitrogen and oxygen atoms in total. The van der Waals surface area contributed by atoms with Gasteiger partial charge in [0.25, 0.3) is 0 Å². The second-order valence-corrected chi connectivity index (χ2v) is 3.48. The van der Waals surface area contributed by atoms with E-state index in [2.05, 4.69) is 15.4 Å². The van der Waals surface area contributed by atoms with Crippen LogP contribution in [0.4, 0.5) is 9.18 Å². The number of halogens is 1. The third-order valence-corrected chi connectivity index (χ3v) is 2.07. The first-order valence-corrected chi connectivity index (χ1v) is 5.53. The molecule has 2 amide bonds. The molecule has 1 rings (SSSR count). The molecule has 0 aromatic heterocycles. The third-order valence-electron chi connectivity index (χ3n) is 2.07. The molecule has 0 heterocycles. The first kappa shape index (κ1) is 14.0. The highest BCUT2D eigenvalue weighted by molar-refractivity contribution is 5.82. The minimum atomic E-state index is -0.630. The summed E-state index contributed by atoms with van der Waals surface area (Å²) in [4.78, 5) is 22.2. The van der Waals surface area contributed by atoms with E-state index in [0.717, 1.165) is 5.56 Å². The SMILES string of the molecule is CCOC(=O)NCC(=O)NCc1ccc(F)cc1. The maximum atomic E-state index is 12.6. The Hall–Kier alpha value is -2.11. The molecule has 1 aromatic rings. The van der Waals surface area contributed by atoms with E-state index in [4.69, 9.17) is 0 Å². The maximum absolute atomic E-state index is 12.6. The molecule has 0 aliphatic heterocycles. The van der Waals surface area contributed by atoms with Crippen molar-refractivity contribution in [3.8, 4) is 0 Å². The highest BCUT2D eigenvalue weighted by Gasteiger charge is 2.05. The van der Waals surface area contributed by atoms with Crippen molar-refractivity contribution < 1.29 is 18.7 Å². The molecule has 0 aliphatic carbocycles. The van der Waals surface area contributed by atoms with Crippen molar-refractivity contribution in [3.05, 3.63) is 35.6 Å². The molecule has 0 atom stereocenters. The van der Waals surface area contributed by atoms with Crippen LogP contribution in [-0.2, 0) is 16.1 Å². The molecular formula is C12H15FN2O3. The van der Waals surface area contributed by atoms with Crippen LogP contribution in [0.2, 0.25) is 0 Å². The van der Waals surface area contributed by atoms with Crippen LogP contribution in [0.25, 0.3) is 0 Å². The average Bonchev–Trinajstić information content (AvgIpc) is 2.36. The molecule has 0 fully saturated rings. The summed E-state index contributed by atoms with van der Waals surface area (Å²) >= 11 is 0. The van der Waals surface area contributed by atoms with Crippen LogP contribution in [0.15, 0.2) is 24.3 Å². The summed E-state index contributed by atoms with van der Waals surface area (Å²) in [5, 5.41) is 4.88. The van der Waals surface area contributed by atoms with Crippen LogP contribution in [-0.4, -0.2) is 25.2 Å². The van der Waals surface area contributed by atoms with E-state index >= 15 is 0 Å². The molecule has 0 spiro atoms. The second-order valence-electron chi connectivity index (χ2n) is 3.48. The van der Waals surface area contributed by atoms with Gasteiger partial charge in [0.1, 0.15) is 12.4 Å².